The van der Waals surface area contributed by atoms with Crippen LogP contribution in [0.15, 0.2) is 0 Å². The van der Waals surface area contributed by atoms with Gasteiger partial charge in [-0.2, -0.15) is 0 Å². The molecule has 0 aromatic rings. The van der Waals surface area contributed by atoms with Crippen LogP contribution < -0.4 is 10.6 Å². The van der Waals surface area contributed by atoms with Crippen molar-refractivity contribution < 1.29 is 4.79 Å². The summed E-state index contributed by atoms with van der Waals surface area (Å²) in [5.74, 6) is 0.645. The number of hydrogen-bond acceptors (Lipinski definition) is 2. The number of carbonyl (C=O) groups excluding carboxylic acids is 1. The summed E-state index contributed by atoms with van der Waals surface area (Å²) in [5, 5.41) is 5.88. The van der Waals surface area contributed by atoms with E-state index in [1.165, 1.54) is 12.8 Å². The van der Waals surface area contributed by atoms with E-state index in [0.717, 1.165) is 19.6 Å². The summed E-state index contributed by atoms with van der Waals surface area (Å²) in [5.41, 5.74) is 0.144. The molecule has 1 aliphatic rings. The number of urea groups is 1. The number of piperidine rings is 1. The Hall–Kier alpha value is -0.770. The van der Waals surface area contributed by atoms with Crippen molar-refractivity contribution in [2.24, 2.45) is 11.3 Å². The highest BCUT2D eigenvalue weighted by atomic mass is 16.2. The monoisotopic (exact) mass is 241 g/mol. The maximum absolute atomic E-state index is 11.6. The van der Waals surface area contributed by atoms with E-state index < -0.39 is 0 Å². The van der Waals surface area contributed by atoms with Gasteiger partial charge in [0.2, 0.25) is 0 Å². The van der Waals surface area contributed by atoms with Crippen molar-refractivity contribution in [1.82, 2.24) is 15.5 Å². The first-order chi connectivity index (χ1) is 7.87. The van der Waals surface area contributed by atoms with Crippen LogP contribution in [0.3, 0.4) is 0 Å². The van der Waals surface area contributed by atoms with Crippen LogP contribution in [0.25, 0.3) is 0 Å². The van der Waals surface area contributed by atoms with E-state index in [0.29, 0.717) is 12.5 Å². The summed E-state index contributed by atoms with van der Waals surface area (Å²) in [6, 6.07) is -0.0288. The zero-order chi connectivity index (χ0) is 12.9. The summed E-state index contributed by atoms with van der Waals surface area (Å²) < 4.78 is 0. The molecule has 0 aromatic heterocycles. The molecular weight excluding hydrogens is 214 g/mol. The average Bonchev–Trinajstić information content (AvgIpc) is 2.25. The predicted octanol–water partition coefficient (Wildman–Crippen LogP) is 1.67. The van der Waals surface area contributed by atoms with E-state index in [2.05, 4.69) is 43.4 Å². The normalized spacial score (nSPS) is 19.1. The smallest absolute Gasteiger partial charge is 0.314 e. The summed E-state index contributed by atoms with van der Waals surface area (Å²) in [6.07, 6.45) is 2.38. The van der Waals surface area contributed by atoms with Gasteiger partial charge in [-0.05, 0) is 44.3 Å². The Labute approximate surface area is 105 Å². The topological polar surface area (TPSA) is 44.4 Å². The van der Waals surface area contributed by atoms with Crippen LogP contribution in [0.5, 0.6) is 0 Å². The van der Waals surface area contributed by atoms with Crippen molar-refractivity contribution >= 4 is 6.03 Å². The lowest BCUT2D eigenvalue weighted by atomic mass is 9.97. The van der Waals surface area contributed by atoms with Gasteiger partial charge in [0.15, 0.2) is 0 Å². The number of nitrogens with one attached hydrogen (secondary N) is 2. The molecule has 1 rings (SSSR count). The lowest BCUT2D eigenvalue weighted by Gasteiger charge is -2.29. The minimum absolute atomic E-state index is 0.0288. The second kappa shape index (κ2) is 6.24. The summed E-state index contributed by atoms with van der Waals surface area (Å²) >= 11 is 0. The molecule has 1 aliphatic heterocycles. The third-order valence-corrected chi connectivity index (χ3v) is 3.17. The molecule has 1 heterocycles. The molecule has 0 radical (unpaired) electrons. The van der Waals surface area contributed by atoms with Gasteiger partial charge in [-0.3, -0.25) is 0 Å². The number of amides is 2. The van der Waals surface area contributed by atoms with Crippen LogP contribution in [-0.4, -0.2) is 44.2 Å². The lowest BCUT2D eigenvalue weighted by molar-refractivity contribution is 0.208. The summed E-state index contributed by atoms with van der Waals surface area (Å²) in [6.45, 7) is 10.2. The molecule has 2 N–H and O–H groups in total. The second-order valence-electron chi connectivity index (χ2n) is 6.37. The largest absolute Gasteiger partial charge is 0.338 e. The second-order valence-corrected chi connectivity index (χ2v) is 6.37. The molecule has 2 amide bonds. The Morgan fingerprint density at radius 3 is 2.35 bits per heavy atom. The van der Waals surface area contributed by atoms with Gasteiger partial charge in [-0.1, -0.05) is 20.8 Å². The molecule has 4 heteroatoms. The van der Waals surface area contributed by atoms with Crippen LogP contribution in [-0.2, 0) is 0 Å². The van der Waals surface area contributed by atoms with E-state index in [9.17, 15) is 4.79 Å². The Morgan fingerprint density at radius 1 is 1.24 bits per heavy atom. The molecular formula is C13H27N3O. The SMILES string of the molecule is CN1CCC(CNC(=O)NCC(C)(C)C)CC1. The molecule has 0 spiro atoms. The molecule has 4 nitrogen and oxygen atoms in total. The molecule has 1 fully saturated rings. The van der Waals surface area contributed by atoms with Crippen LogP contribution >= 0.6 is 0 Å². The number of rotatable bonds is 3. The average molecular weight is 241 g/mol. The fourth-order valence-corrected chi connectivity index (χ4v) is 1.91. The van der Waals surface area contributed by atoms with Crippen LogP contribution in [0.2, 0.25) is 0 Å². The Bertz CT molecular complexity index is 240. The summed E-state index contributed by atoms with van der Waals surface area (Å²) in [4.78, 5) is 13.9. The van der Waals surface area contributed by atoms with Gasteiger partial charge >= 0.3 is 6.03 Å². The van der Waals surface area contributed by atoms with Crippen LogP contribution in [0.1, 0.15) is 33.6 Å². The van der Waals surface area contributed by atoms with Crippen LogP contribution in [0.4, 0.5) is 4.79 Å². The Balaban J connectivity index is 2.11. The van der Waals surface area contributed by atoms with Gasteiger partial charge in [0.25, 0.3) is 0 Å². The predicted molar refractivity (Wildman–Crippen MR) is 71.1 cm³/mol. The third kappa shape index (κ3) is 6.51. The van der Waals surface area contributed by atoms with Gasteiger partial charge < -0.3 is 15.5 Å². The number of likely N-dealkylation sites (tertiary alicyclic amines) is 1. The quantitative estimate of drug-likeness (QED) is 0.789. The molecule has 0 aromatic carbocycles. The number of carbonyl (C=O) groups is 1. The van der Waals surface area contributed by atoms with Gasteiger partial charge in [0.05, 0.1) is 0 Å². The lowest BCUT2D eigenvalue weighted by Crippen LogP contribution is -2.43. The van der Waals surface area contributed by atoms with Gasteiger partial charge in [0, 0.05) is 13.1 Å². The molecule has 100 valence electrons. The van der Waals surface area contributed by atoms with Gasteiger partial charge in [-0.15, -0.1) is 0 Å². The fraction of sp³-hybridized carbons (Fsp3) is 0.923. The minimum atomic E-state index is -0.0288. The molecule has 1 saturated heterocycles. The third-order valence-electron chi connectivity index (χ3n) is 3.17. The maximum atomic E-state index is 11.6. The first-order valence-corrected chi connectivity index (χ1v) is 6.57. The summed E-state index contributed by atoms with van der Waals surface area (Å²) in [7, 11) is 2.15. The molecule has 0 atom stereocenters. The minimum Gasteiger partial charge on any atom is -0.338 e. The highest BCUT2D eigenvalue weighted by molar-refractivity contribution is 5.73. The van der Waals surface area contributed by atoms with E-state index >= 15 is 0 Å². The Kier molecular flexibility index (Phi) is 5.25. The number of hydrogen-bond donors (Lipinski definition) is 2. The fourth-order valence-electron chi connectivity index (χ4n) is 1.91. The van der Waals surface area contributed by atoms with Crippen molar-refractivity contribution in [3.05, 3.63) is 0 Å². The molecule has 17 heavy (non-hydrogen) atoms. The first-order valence-electron chi connectivity index (χ1n) is 6.57. The van der Waals surface area contributed by atoms with Crippen molar-refractivity contribution in [3.8, 4) is 0 Å². The molecule has 0 bridgehead atoms. The zero-order valence-corrected chi connectivity index (χ0v) is 11.7. The van der Waals surface area contributed by atoms with Gasteiger partial charge in [0.1, 0.15) is 0 Å². The molecule has 0 aliphatic carbocycles. The molecule has 0 unspecified atom stereocenters. The van der Waals surface area contributed by atoms with Crippen LogP contribution in [0, 0.1) is 11.3 Å². The van der Waals surface area contributed by atoms with E-state index in [1.54, 1.807) is 0 Å². The van der Waals surface area contributed by atoms with E-state index in [4.69, 9.17) is 0 Å². The maximum Gasteiger partial charge on any atom is 0.314 e. The first kappa shape index (κ1) is 14.3. The van der Waals surface area contributed by atoms with Crippen molar-refractivity contribution in [2.45, 2.75) is 33.6 Å². The highest BCUT2D eigenvalue weighted by Gasteiger charge is 2.17. The highest BCUT2D eigenvalue weighted by Crippen LogP contribution is 2.14. The van der Waals surface area contributed by atoms with Gasteiger partial charge in [-0.25, -0.2) is 4.79 Å². The molecule has 0 saturated carbocycles. The van der Waals surface area contributed by atoms with Crippen molar-refractivity contribution in [1.29, 1.82) is 0 Å². The number of nitrogens with zero attached hydrogens (tertiary/aromatic N) is 1. The van der Waals surface area contributed by atoms with Crippen molar-refractivity contribution in [2.75, 3.05) is 33.2 Å². The van der Waals surface area contributed by atoms with E-state index in [-0.39, 0.29) is 11.4 Å². The van der Waals surface area contributed by atoms with E-state index in [1.807, 2.05) is 0 Å². The standard InChI is InChI=1S/C13H27N3O/c1-13(2,3)10-15-12(17)14-9-11-5-7-16(4)8-6-11/h11H,5-10H2,1-4H3,(H2,14,15,17). The van der Waals surface area contributed by atoms with Crippen molar-refractivity contribution in [3.63, 3.8) is 0 Å². The zero-order valence-electron chi connectivity index (χ0n) is 11.7. The Morgan fingerprint density at radius 2 is 1.82 bits per heavy atom.